The van der Waals surface area contributed by atoms with Crippen LogP contribution in [0.3, 0.4) is 0 Å². The number of aromatic nitrogens is 2. The van der Waals surface area contributed by atoms with Crippen molar-refractivity contribution in [2.45, 2.75) is 38.0 Å². The Balaban J connectivity index is 1.89. The Kier molecular flexibility index (Phi) is 4.06. The van der Waals surface area contributed by atoms with E-state index in [1.807, 2.05) is 0 Å². The Morgan fingerprint density at radius 1 is 1.29 bits per heavy atom. The van der Waals surface area contributed by atoms with Crippen molar-refractivity contribution in [1.82, 2.24) is 9.97 Å². The monoisotopic (exact) mass is 306 g/mol. The van der Waals surface area contributed by atoms with E-state index in [0.717, 1.165) is 24.1 Å². The van der Waals surface area contributed by atoms with Crippen LogP contribution in [0.2, 0.25) is 5.02 Å². The molecular formula is C16H16ClFN2O. The van der Waals surface area contributed by atoms with E-state index in [9.17, 15) is 9.18 Å². The van der Waals surface area contributed by atoms with Crippen LogP contribution in [0, 0.1) is 5.82 Å². The molecule has 1 N–H and O–H groups in total. The van der Waals surface area contributed by atoms with Crippen LogP contribution in [-0.4, -0.2) is 9.97 Å². The molecule has 1 aromatic carbocycles. The van der Waals surface area contributed by atoms with Gasteiger partial charge in [-0.25, -0.2) is 9.37 Å². The maximum atomic E-state index is 13.1. The van der Waals surface area contributed by atoms with Crippen molar-refractivity contribution in [3.05, 3.63) is 62.5 Å². The lowest BCUT2D eigenvalue weighted by Gasteiger charge is -2.10. The van der Waals surface area contributed by atoms with Gasteiger partial charge in [0.15, 0.2) is 0 Å². The molecule has 3 rings (SSSR count). The number of benzene rings is 1. The molecule has 0 unspecified atom stereocenters. The van der Waals surface area contributed by atoms with Crippen molar-refractivity contribution in [3.63, 3.8) is 0 Å². The summed E-state index contributed by atoms with van der Waals surface area (Å²) in [7, 11) is 0. The molecule has 0 atom stereocenters. The number of hydrogen-bond donors (Lipinski definition) is 1. The predicted molar refractivity (Wildman–Crippen MR) is 80.3 cm³/mol. The molecule has 0 aliphatic heterocycles. The minimum absolute atomic E-state index is 0.139. The van der Waals surface area contributed by atoms with Gasteiger partial charge in [-0.1, -0.05) is 30.5 Å². The second-order valence-electron chi connectivity index (χ2n) is 5.51. The standard InChI is InChI=1S/C16H16ClFN2O/c17-13-8-12(18)6-5-11(13)7-15-19-14(9-16(21)20-15)10-3-1-2-4-10/h5-6,8-10H,1-4,7H2,(H,19,20,21). The summed E-state index contributed by atoms with van der Waals surface area (Å²) in [4.78, 5) is 19.1. The summed E-state index contributed by atoms with van der Waals surface area (Å²) in [6.07, 6.45) is 4.96. The summed E-state index contributed by atoms with van der Waals surface area (Å²) in [6, 6.07) is 5.85. The summed E-state index contributed by atoms with van der Waals surface area (Å²) in [5, 5.41) is 0.351. The summed E-state index contributed by atoms with van der Waals surface area (Å²) >= 11 is 6.03. The first-order valence-corrected chi connectivity index (χ1v) is 7.53. The zero-order chi connectivity index (χ0) is 14.8. The molecule has 1 heterocycles. The van der Waals surface area contributed by atoms with Gasteiger partial charge < -0.3 is 4.98 Å². The lowest BCUT2D eigenvalue weighted by Crippen LogP contribution is -2.14. The molecular weight excluding hydrogens is 291 g/mol. The van der Waals surface area contributed by atoms with Gasteiger partial charge >= 0.3 is 0 Å². The third kappa shape index (κ3) is 3.32. The van der Waals surface area contributed by atoms with Crippen LogP contribution >= 0.6 is 11.6 Å². The summed E-state index contributed by atoms with van der Waals surface area (Å²) in [5.41, 5.74) is 1.48. The molecule has 1 aliphatic carbocycles. The van der Waals surface area contributed by atoms with Gasteiger partial charge in [0.1, 0.15) is 11.6 Å². The van der Waals surface area contributed by atoms with E-state index in [4.69, 9.17) is 11.6 Å². The molecule has 0 amide bonds. The summed E-state index contributed by atoms with van der Waals surface area (Å²) in [6.45, 7) is 0. The number of nitrogens with zero attached hydrogens (tertiary/aromatic N) is 1. The van der Waals surface area contributed by atoms with Crippen LogP contribution in [0.25, 0.3) is 0 Å². The fourth-order valence-electron chi connectivity index (χ4n) is 2.89. The van der Waals surface area contributed by atoms with Crippen LogP contribution in [0.4, 0.5) is 4.39 Å². The molecule has 3 nitrogen and oxygen atoms in total. The van der Waals surface area contributed by atoms with E-state index in [-0.39, 0.29) is 11.4 Å². The zero-order valence-corrected chi connectivity index (χ0v) is 12.3. The number of nitrogens with one attached hydrogen (secondary N) is 1. The SMILES string of the molecule is O=c1cc(C2CCCC2)nc(Cc2ccc(F)cc2Cl)[nH]1. The number of halogens is 2. The predicted octanol–water partition coefficient (Wildman–Crippen LogP) is 3.81. The van der Waals surface area contributed by atoms with Crippen LogP contribution in [0.15, 0.2) is 29.1 Å². The zero-order valence-electron chi connectivity index (χ0n) is 11.5. The second kappa shape index (κ2) is 5.98. The molecule has 1 fully saturated rings. The van der Waals surface area contributed by atoms with Crippen molar-refractivity contribution >= 4 is 11.6 Å². The van der Waals surface area contributed by atoms with E-state index >= 15 is 0 Å². The van der Waals surface area contributed by atoms with Gasteiger partial charge in [0.05, 0.1) is 5.69 Å². The van der Waals surface area contributed by atoms with Crippen molar-refractivity contribution in [2.75, 3.05) is 0 Å². The maximum Gasteiger partial charge on any atom is 0.251 e. The minimum Gasteiger partial charge on any atom is -0.310 e. The first-order chi connectivity index (χ1) is 10.1. The normalized spacial score (nSPS) is 15.5. The smallest absolute Gasteiger partial charge is 0.251 e. The number of aromatic amines is 1. The van der Waals surface area contributed by atoms with Gasteiger partial charge in [-0.05, 0) is 30.5 Å². The molecule has 110 valence electrons. The molecule has 0 bridgehead atoms. The highest BCUT2D eigenvalue weighted by atomic mass is 35.5. The molecule has 0 radical (unpaired) electrons. The molecule has 1 saturated carbocycles. The van der Waals surface area contributed by atoms with Gasteiger partial charge in [-0.15, -0.1) is 0 Å². The fraction of sp³-hybridized carbons (Fsp3) is 0.375. The maximum absolute atomic E-state index is 13.1. The Morgan fingerprint density at radius 3 is 2.76 bits per heavy atom. The Labute approximate surface area is 127 Å². The summed E-state index contributed by atoms with van der Waals surface area (Å²) < 4.78 is 13.1. The van der Waals surface area contributed by atoms with Gasteiger partial charge in [-0.3, -0.25) is 4.79 Å². The fourth-order valence-corrected chi connectivity index (χ4v) is 3.12. The number of rotatable bonds is 3. The molecule has 0 saturated heterocycles. The lowest BCUT2D eigenvalue weighted by molar-refractivity contribution is 0.627. The van der Waals surface area contributed by atoms with Gasteiger partial charge in [0, 0.05) is 23.4 Å². The quantitative estimate of drug-likeness (QED) is 0.937. The third-order valence-electron chi connectivity index (χ3n) is 3.96. The Morgan fingerprint density at radius 2 is 2.05 bits per heavy atom. The molecule has 21 heavy (non-hydrogen) atoms. The molecule has 0 spiro atoms. The van der Waals surface area contributed by atoms with Crippen LogP contribution in [0.5, 0.6) is 0 Å². The first-order valence-electron chi connectivity index (χ1n) is 7.16. The summed E-state index contributed by atoms with van der Waals surface area (Å²) in [5.74, 6) is 0.595. The first kappa shape index (κ1) is 14.3. The third-order valence-corrected chi connectivity index (χ3v) is 4.31. The highest BCUT2D eigenvalue weighted by molar-refractivity contribution is 6.31. The number of hydrogen-bond acceptors (Lipinski definition) is 2. The van der Waals surface area contributed by atoms with E-state index in [1.165, 1.54) is 25.0 Å². The topological polar surface area (TPSA) is 45.8 Å². The molecule has 1 aliphatic rings. The Bertz CT molecular complexity index is 708. The average molecular weight is 307 g/mol. The highest BCUT2D eigenvalue weighted by Gasteiger charge is 2.19. The van der Waals surface area contributed by atoms with Crippen LogP contribution < -0.4 is 5.56 Å². The largest absolute Gasteiger partial charge is 0.310 e. The minimum atomic E-state index is -0.370. The van der Waals surface area contributed by atoms with E-state index in [0.29, 0.717) is 23.2 Å². The lowest BCUT2D eigenvalue weighted by atomic mass is 10.0. The van der Waals surface area contributed by atoms with E-state index < -0.39 is 0 Å². The van der Waals surface area contributed by atoms with E-state index in [2.05, 4.69) is 9.97 Å². The van der Waals surface area contributed by atoms with Gasteiger partial charge in [0.25, 0.3) is 5.56 Å². The second-order valence-corrected chi connectivity index (χ2v) is 5.92. The van der Waals surface area contributed by atoms with Crippen molar-refractivity contribution < 1.29 is 4.39 Å². The van der Waals surface area contributed by atoms with Gasteiger partial charge in [-0.2, -0.15) is 0 Å². The van der Waals surface area contributed by atoms with E-state index in [1.54, 1.807) is 12.1 Å². The van der Waals surface area contributed by atoms with Crippen molar-refractivity contribution in [1.29, 1.82) is 0 Å². The molecule has 1 aromatic heterocycles. The number of H-pyrrole nitrogens is 1. The highest BCUT2D eigenvalue weighted by Crippen LogP contribution is 2.32. The Hall–Kier alpha value is -1.68. The van der Waals surface area contributed by atoms with Crippen molar-refractivity contribution in [3.8, 4) is 0 Å². The van der Waals surface area contributed by atoms with Crippen molar-refractivity contribution in [2.24, 2.45) is 0 Å². The molecule has 5 heteroatoms. The van der Waals surface area contributed by atoms with Gasteiger partial charge in [0.2, 0.25) is 0 Å². The average Bonchev–Trinajstić information content (AvgIpc) is 2.95. The van der Waals surface area contributed by atoms with Crippen LogP contribution in [-0.2, 0) is 6.42 Å². The molecule has 2 aromatic rings. The van der Waals surface area contributed by atoms with Crippen LogP contribution in [0.1, 0.15) is 48.7 Å².